The zero-order valence-corrected chi connectivity index (χ0v) is 18.5. The molecule has 32 heavy (non-hydrogen) atoms. The maximum atomic E-state index is 13.2. The van der Waals surface area contributed by atoms with Crippen molar-refractivity contribution >= 4 is 34.9 Å². The van der Waals surface area contributed by atoms with Crippen molar-refractivity contribution in [2.45, 2.75) is 13.3 Å². The highest BCUT2D eigenvalue weighted by Gasteiger charge is 2.26. The van der Waals surface area contributed by atoms with Crippen molar-refractivity contribution < 1.29 is 14.1 Å². The van der Waals surface area contributed by atoms with Crippen LogP contribution in [-0.4, -0.2) is 33.4 Å². The molecule has 0 saturated carbocycles. The van der Waals surface area contributed by atoms with Gasteiger partial charge in [-0.3, -0.25) is 14.6 Å². The molecule has 4 aromatic rings. The summed E-state index contributed by atoms with van der Waals surface area (Å²) in [6.07, 6.45) is 3.78. The number of aromatic amines is 1. The molecular weight excluding hydrogens is 451 g/mol. The van der Waals surface area contributed by atoms with Crippen LogP contribution in [0.4, 0.5) is 0 Å². The molecule has 0 aliphatic rings. The minimum Gasteiger partial charge on any atom is -0.360 e. The average Bonchev–Trinajstić information content (AvgIpc) is 3.42. The number of ketones is 1. The lowest BCUT2D eigenvalue weighted by atomic mass is 9.99. The van der Waals surface area contributed by atoms with Crippen LogP contribution in [0.25, 0.3) is 11.3 Å². The number of halogens is 2. The summed E-state index contributed by atoms with van der Waals surface area (Å²) >= 11 is 12.6. The third-order valence-electron chi connectivity index (χ3n) is 4.87. The van der Waals surface area contributed by atoms with Gasteiger partial charge in [0.25, 0.3) is 5.91 Å². The summed E-state index contributed by atoms with van der Waals surface area (Å²) in [5.74, 6) is -0.363. The number of aromatic nitrogens is 3. The number of aryl methyl sites for hydroxylation is 1. The first-order valence-electron chi connectivity index (χ1n) is 9.77. The topological polar surface area (TPSA) is 101 Å². The lowest BCUT2D eigenvalue weighted by Crippen LogP contribution is -2.26. The number of nitrogens with zero attached hydrogens (tertiary/aromatic N) is 2. The van der Waals surface area contributed by atoms with E-state index in [0.29, 0.717) is 34.3 Å². The van der Waals surface area contributed by atoms with Gasteiger partial charge in [0.1, 0.15) is 17.1 Å². The number of rotatable bonds is 7. The molecule has 0 unspecified atom stereocenters. The summed E-state index contributed by atoms with van der Waals surface area (Å²) in [6.45, 7) is 2.05. The van der Waals surface area contributed by atoms with Crippen LogP contribution in [0.2, 0.25) is 10.0 Å². The Hall–Kier alpha value is -3.42. The van der Waals surface area contributed by atoms with Crippen molar-refractivity contribution in [3.8, 4) is 11.3 Å². The van der Waals surface area contributed by atoms with Gasteiger partial charge in [-0.25, -0.2) is 0 Å². The van der Waals surface area contributed by atoms with Crippen molar-refractivity contribution in [1.29, 1.82) is 0 Å². The maximum absolute atomic E-state index is 13.2. The van der Waals surface area contributed by atoms with Crippen molar-refractivity contribution in [2.75, 3.05) is 6.54 Å². The lowest BCUT2D eigenvalue weighted by Gasteiger charge is -2.05. The van der Waals surface area contributed by atoms with Crippen LogP contribution in [0.3, 0.4) is 0 Å². The van der Waals surface area contributed by atoms with Gasteiger partial charge in [-0.2, -0.15) is 0 Å². The van der Waals surface area contributed by atoms with Gasteiger partial charge in [-0.1, -0.05) is 40.5 Å². The fourth-order valence-electron chi connectivity index (χ4n) is 3.28. The zero-order valence-electron chi connectivity index (χ0n) is 17.0. The molecule has 0 bridgehead atoms. The van der Waals surface area contributed by atoms with E-state index in [4.69, 9.17) is 27.7 Å². The van der Waals surface area contributed by atoms with Crippen molar-refractivity contribution in [2.24, 2.45) is 0 Å². The smallest absolute Gasteiger partial charge is 0.267 e. The summed E-state index contributed by atoms with van der Waals surface area (Å²) in [5.41, 5.74) is 2.34. The van der Waals surface area contributed by atoms with Crippen molar-refractivity contribution in [3.05, 3.63) is 93.2 Å². The Labute approximate surface area is 193 Å². The van der Waals surface area contributed by atoms with E-state index in [9.17, 15) is 9.59 Å². The Balaban J connectivity index is 1.52. The molecule has 3 heterocycles. The van der Waals surface area contributed by atoms with E-state index in [1.165, 1.54) is 12.3 Å². The highest BCUT2D eigenvalue weighted by molar-refractivity contribution is 6.39. The quantitative estimate of drug-likeness (QED) is 0.376. The molecule has 4 rings (SSSR count). The summed E-state index contributed by atoms with van der Waals surface area (Å²) in [7, 11) is 0. The van der Waals surface area contributed by atoms with E-state index < -0.39 is 0 Å². The summed E-state index contributed by atoms with van der Waals surface area (Å²) in [6, 6.07) is 12.1. The SMILES string of the molecule is Cc1onc(-c2c(Cl)cccc2Cl)c1C(=O)c1c[nH]c(C(=O)NCCc2ccccn2)c1. The van der Waals surface area contributed by atoms with Gasteiger partial charge in [-0.05, 0) is 37.3 Å². The molecule has 1 aromatic carbocycles. The molecule has 1 amide bonds. The number of carbonyl (C=O) groups excluding carboxylic acids is 2. The fraction of sp³-hybridized carbons (Fsp3) is 0.130. The highest BCUT2D eigenvalue weighted by Crippen LogP contribution is 2.37. The second-order valence-corrected chi connectivity index (χ2v) is 7.83. The maximum Gasteiger partial charge on any atom is 0.267 e. The van der Waals surface area contributed by atoms with Crippen LogP contribution in [0.1, 0.15) is 37.9 Å². The predicted molar refractivity (Wildman–Crippen MR) is 121 cm³/mol. The number of nitrogens with one attached hydrogen (secondary N) is 2. The van der Waals surface area contributed by atoms with Crippen LogP contribution in [0.5, 0.6) is 0 Å². The monoisotopic (exact) mass is 468 g/mol. The molecule has 162 valence electrons. The Morgan fingerprint density at radius 2 is 1.91 bits per heavy atom. The van der Waals surface area contributed by atoms with Gasteiger partial charge < -0.3 is 14.8 Å². The Morgan fingerprint density at radius 1 is 1.12 bits per heavy atom. The van der Waals surface area contributed by atoms with Crippen LogP contribution in [-0.2, 0) is 6.42 Å². The van der Waals surface area contributed by atoms with E-state index in [1.807, 2.05) is 18.2 Å². The minimum absolute atomic E-state index is 0.237. The molecule has 3 aromatic heterocycles. The first-order chi connectivity index (χ1) is 15.5. The minimum atomic E-state index is -0.362. The van der Waals surface area contributed by atoms with E-state index in [2.05, 4.69) is 20.4 Å². The van der Waals surface area contributed by atoms with Gasteiger partial charge in [-0.15, -0.1) is 0 Å². The molecule has 0 aliphatic carbocycles. The van der Waals surface area contributed by atoms with Gasteiger partial charge in [0, 0.05) is 42.2 Å². The first kappa shape index (κ1) is 21.8. The third kappa shape index (κ3) is 4.44. The van der Waals surface area contributed by atoms with Crippen LogP contribution >= 0.6 is 23.2 Å². The number of carbonyl (C=O) groups is 2. The summed E-state index contributed by atoms with van der Waals surface area (Å²) < 4.78 is 5.27. The molecule has 0 atom stereocenters. The molecule has 0 spiro atoms. The van der Waals surface area contributed by atoms with Crippen molar-refractivity contribution in [1.82, 2.24) is 20.4 Å². The third-order valence-corrected chi connectivity index (χ3v) is 5.50. The number of pyridine rings is 1. The first-order valence-corrected chi connectivity index (χ1v) is 10.5. The second-order valence-electron chi connectivity index (χ2n) is 7.02. The number of benzene rings is 1. The van der Waals surface area contributed by atoms with Gasteiger partial charge in [0.2, 0.25) is 0 Å². The Kier molecular flexibility index (Phi) is 6.39. The number of amides is 1. The number of hydrogen-bond donors (Lipinski definition) is 2. The lowest BCUT2D eigenvalue weighted by molar-refractivity contribution is 0.0949. The van der Waals surface area contributed by atoms with E-state index >= 15 is 0 Å². The zero-order chi connectivity index (χ0) is 22.7. The summed E-state index contributed by atoms with van der Waals surface area (Å²) in [5, 5.41) is 7.51. The second kappa shape index (κ2) is 9.38. The van der Waals surface area contributed by atoms with Gasteiger partial charge in [0.15, 0.2) is 5.78 Å². The van der Waals surface area contributed by atoms with Crippen LogP contribution < -0.4 is 5.32 Å². The molecule has 0 fully saturated rings. The predicted octanol–water partition coefficient (Wildman–Crippen LogP) is 4.88. The fourth-order valence-corrected chi connectivity index (χ4v) is 3.86. The molecule has 2 N–H and O–H groups in total. The van der Waals surface area contributed by atoms with Gasteiger partial charge in [0.05, 0.1) is 15.6 Å². The molecule has 0 aliphatic heterocycles. The summed E-state index contributed by atoms with van der Waals surface area (Å²) in [4.78, 5) is 32.8. The van der Waals surface area contributed by atoms with E-state index in [1.54, 1.807) is 31.3 Å². The molecular formula is C23H18Cl2N4O3. The highest BCUT2D eigenvalue weighted by atomic mass is 35.5. The average molecular weight is 469 g/mol. The molecule has 7 nitrogen and oxygen atoms in total. The number of H-pyrrole nitrogens is 1. The normalized spacial score (nSPS) is 10.8. The Bertz CT molecular complexity index is 1260. The van der Waals surface area contributed by atoms with Crippen molar-refractivity contribution in [3.63, 3.8) is 0 Å². The largest absolute Gasteiger partial charge is 0.360 e. The molecule has 0 radical (unpaired) electrons. The van der Waals surface area contributed by atoms with E-state index in [0.717, 1.165) is 5.69 Å². The molecule has 9 heteroatoms. The molecule has 0 saturated heterocycles. The van der Waals surface area contributed by atoms with Crippen LogP contribution in [0, 0.1) is 6.92 Å². The van der Waals surface area contributed by atoms with Crippen LogP contribution in [0.15, 0.2) is 59.4 Å². The number of hydrogen-bond acceptors (Lipinski definition) is 5. The standard InChI is InChI=1S/C23H18Cl2N4O3/c1-13-19(21(29-32-13)20-16(24)6-4-7-17(20)25)22(30)14-11-18(28-12-14)23(31)27-10-8-15-5-2-3-9-26-15/h2-7,9,11-12,28H,8,10H2,1H3,(H,27,31). The Morgan fingerprint density at radius 3 is 2.62 bits per heavy atom. The van der Waals surface area contributed by atoms with E-state index in [-0.39, 0.29) is 34.2 Å². The van der Waals surface area contributed by atoms with Gasteiger partial charge >= 0.3 is 0 Å².